The van der Waals surface area contributed by atoms with Crippen LogP contribution in [0.3, 0.4) is 0 Å². The number of methoxy groups -OCH3 is 1. The topological polar surface area (TPSA) is 49.2 Å². The molecule has 0 aliphatic carbocycles. The van der Waals surface area contributed by atoms with E-state index in [0.717, 1.165) is 43.0 Å². The van der Waals surface area contributed by atoms with E-state index in [4.69, 9.17) is 21.1 Å². The molecule has 0 N–H and O–H groups in total. The monoisotopic (exact) mass is 309 g/mol. The van der Waals surface area contributed by atoms with E-state index in [1.54, 1.807) is 7.11 Å². The summed E-state index contributed by atoms with van der Waals surface area (Å²) in [5.74, 6) is 2.64. The fourth-order valence-electron chi connectivity index (χ4n) is 2.86. The average Bonchev–Trinajstić information content (AvgIpc) is 3.04. The number of alkyl halides is 1. The smallest absolute Gasteiger partial charge is 0.215 e. The summed E-state index contributed by atoms with van der Waals surface area (Å²) in [5.41, 5.74) is 1.76. The van der Waals surface area contributed by atoms with Gasteiger partial charge in [-0.15, -0.1) is 11.6 Å². The number of ether oxygens (including phenoxy) is 2. The first kappa shape index (κ1) is 14.6. The van der Waals surface area contributed by atoms with E-state index >= 15 is 0 Å². The number of imidazole rings is 1. The largest absolute Gasteiger partial charge is 0.481 e. The third kappa shape index (κ3) is 2.85. The Labute approximate surface area is 129 Å². The number of aryl methyl sites for hydroxylation is 1. The highest BCUT2D eigenvalue weighted by Gasteiger charge is 2.26. The molecule has 1 aliphatic rings. The number of hydrogen-bond donors (Lipinski definition) is 0. The Balaban J connectivity index is 2.01. The number of pyridine rings is 1. The van der Waals surface area contributed by atoms with E-state index in [9.17, 15) is 0 Å². The lowest BCUT2D eigenvalue weighted by molar-refractivity contribution is 0.102. The summed E-state index contributed by atoms with van der Waals surface area (Å²) in [6.07, 6.45) is 2.09. The van der Waals surface area contributed by atoms with Gasteiger partial charge >= 0.3 is 0 Å². The molecular weight excluding hydrogens is 290 g/mol. The van der Waals surface area contributed by atoms with Crippen LogP contribution in [-0.2, 0) is 17.7 Å². The van der Waals surface area contributed by atoms with Gasteiger partial charge in [0.2, 0.25) is 5.88 Å². The van der Waals surface area contributed by atoms with Gasteiger partial charge in [0.15, 0.2) is 5.65 Å². The molecule has 1 saturated heterocycles. The molecule has 2 aromatic rings. The zero-order valence-corrected chi connectivity index (χ0v) is 13.1. The maximum absolute atomic E-state index is 5.92. The van der Waals surface area contributed by atoms with Crippen molar-refractivity contribution in [3.8, 4) is 5.88 Å². The number of halogens is 1. The molecule has 2 unspecified atom stereocenters. The van der Waals surface area contributed by atoms with Crippen LogP contribution in [0.5, 0.6) is 5.88 Å². The molecule has 1 fully saturated rings. The Morgan fingerprint density at radius 3 is 2.95 bits per heavy atom. The number of aromatic nitrogens is 3. The van der Waals surface area contributed by atoms with Crippen LogP contribution in [-0.4, -0.2) is 40.2 Å². The van der Waals surface area contributed by atoms with E-state index in [2.05, 4.69) is 21.5 Å². The second kappa shape index (κ2) is 6.20. The predicted molar refractivity (Wildman–Crippen MR) is 82.0 cm³/mol. The molecular formula is C15H20ClN3O2. The number of hydrogen-bond acceptors (Lipinski definition) is 4. The van der Waals surface area contributed by atoms with Gasteiger partial charge in [-0.3, -0.25) is 0 Å². The fraction of sp³-hybridized carbons (Fsp3) is 0.600. The molecule has 3 rings (SSSR count). The van der Waals surface area contributed by atoms with Crippen molar-refractivity contribution in [3.05, 3.63) is 18.0 Å². The van der Waals surface area contributed by atoms with Crippen LogP contribution in [0.25, 0.3) is 11.2 Å². The number of fused-ring (bicyclic) bond motifs is 1. The highest BCUT2D eigenvalue weighted by molar-refractivity contribution is 6.17. The van der Waals surface area contributed by atoms with Gasteiger partial charge in [0.25, 0.3) is 0 Å². The van der Waals surface area contributed by atoms with Gasteiger partial charge in [-0.05, 0) is 19.4 Å². The standard InChI is InChI=1S/C15H20ClN3O2/c1-10-11(6-8-21-10)9-19-13(5-7-16)17-12-3-4-14(20-2)18-15(12)19/h3-4,10-11H,5-9H2,1-2H3. The van der Waals surface area contributed by atoms with E-state index < -0.39 is 0 Å². The van der Waals surface area contributed by atoms with Gasteiger partial charge in [-0.1, -0.05) is 0 Å². The second-order valence-electron chi connectivity index (χ2n) is 5.40. The summed E-state index contributed by atoms with van der Waals surface area (Å²) in [6.45, 7) is 3.83. The van der Waals surface area contributed by atoms with Gasteiger partial charge in [-0.25, -0.2) is 4.98 Å². The third-order valence-electron chi connectivity index (χ3n) is 4.12. The average molecular weight is 310 g/mol. The van der Waals surface area contributed by atoms with E-state index in [1.807, 2.05) is 12.1 Å². The SMILES string of the molecule is COc1ccc2nc(CCCl)n(CC3CCOC3C)c2n1. The highest BCUT2D eigenvalue weighted by Crippen LogP contribution is 2.26. The molecule has 0 spiro atoms. The molecule has 21 heavy (non-hydrogen) atoms. The maximum Gasteiger partial charge on any atom is 0.215 e. The van der Waals surface area contributed by atoms with E-state index in [1.165, 1.54) is 0 Å². The normalized spacial score (nSPS) is 22.0. The molecule has 2 atom stereocenters. The molecule has 0 aromatic carbocycles. The minimum Gasteiger partial charge on any atom is -0.481 e. The first-order valence-electron chi connectivity index (χ1n) is 7.30. The van der Waals surface area contributed by atoms with Crippen molar-refractivity contribution in [2.24, 2.45) is 5.92 Å². The Morgan fingerprint density at radius 2 is 2.29 bits per heavy atom. The van der Waals surface area contributed by atoms with Crippen molar-refractivity contribution in [2.45, 2.75) is 32.4 Å². The summed E-state index contributed by atoms with van der Waals surface area (Å²) in [6, 6.07) is 3.79. The number of nitrogens with zero attached hydrogens (tertiary/aromatic N) is 3. The summed E-state index contributed by atoms with van der Waals surface area (Å²) in [5, 5.41) is 0. The Bertz CT molecular complexity index is 629. The van der Waals surface area contributed by atoms with Gasteiger partial charge < -0.3 is 14.0 Å². The lowest BCUT2D eigenvalue weighted by atomic mass is 10.0. The van der Waals surface area contributed by atoms with Crippen LogP contribution in [0.1, 0.15) is 19.2 Å². The first-order chi connectivity index (χ1) is 10.2. The minimum atomic E-state index is 0.275. The highest BCUT2D eigenvalue weighted by atomic mass is 35.5. The molecule has 0 bridgehead atoms. The van der Waals surface area contributed by atoms with Crippen molar-refractivity contribution in [1.82, 2.24) is 14.5 Å². The van der Waals surface area contributed by atoms with Crippen LogP contribution in [0.15, 0.2) is 12.1 Å². The fourth-order valence-corrected chi connectivity index (χ4v) is 3.03. The van der Waals surface area contributed by atoms with Gasteiger partial charge in [0, 0.05) is 37.4 Å². The maximum atomic E-state index is 5.92. The molecule has 6 heteroatoms. The summed E-state index contributed by atoms with van der Waals surface area (Å²) >= 11 is 5.92. The molecule has 0 amide bonds. The van der Waals surface area contributed by atoms with Crippen LogP contribution < -0.4 is 4.74 Å². The summed E-state index contributed by atoms with van der Waals surface area (Å²) in [7, 11) is 1.63. The zero-order valence-electron chi connectivity index (χ0n) is 12.4. The van der Waals surface area contributed by atoms with Crippen molar-refractivity contribution in [2.75, 3.05) is 19.6 Å². The Kier molecular flexibility index (Phi) is 4.31. The quantitative estimate of drug-likeness (QED) is 0.797. The van der Waals surface area contributed by atoms with Crippen molar-refractivity contribution >= 4 is 22.8 Å². The van der Waals surface area contributed by atoms with Gasteiger partial charge in [0.1, 0.15) is 11.3 Å². The van der Waals surface area contributed by atoms with Crippen LogP contribution in [0.4, 0.5) is 0 Å². The zero-order chi connectivity index (χ0) is 14.8. The molecule has 5 nitrogen and oxygen atoms in total. The van der Waals surface area contributed by atoms with Crippen molar-refractivity contribution < 1.29 is 9.47 Å². The van der Waals surface area contributed by atoms with E-state index in [-0.39, 0.29) is 6.10 Å². The lowest BCUT2D eigenvalue weighted by Crippen LogP contribution is -2.19. The molecule has 0 saturated carbocycles. The van der Waals surface area contributed by atoms with Crippen LogP contribution >= 0.6 is 11.6 Å². The lowest BCUT2D eigenvalue weighted by Gasteiger charge is -2.16. The van der Waals surface area contributed by atoms with Crippen molar-refractivity contribution in [1.29, 1.82) is 0 Å². The Hall–Kier alpha value is -1.33. The minimum absolute atomic E-state index is 0.275. The van der Waals surface area contributed by atoms with Gasteiger partial charge in [-0.2, -0.15) is 4.98 Å². The molecule has 0 radical (unpaired) electrons. The molecule has 2 aromatic heterocycles. The molecule has 3 heterocycles. The Morgan fingerprint density at radius 1 is 1.43 bits per heavy atom. The first-order valence-corrected chi connectivity index (χ1v) is 7.84. The van der Waals surface area contributed by atoms with Crippen LogP contribution in [0.2, 0.25) is 0 Å². The summed E-state index contributed by atoms with van der Waals surface area (Å²) in [4.78, 5) is 9.22. The predicted octanol–water partition coefficient (Wildman–Crippen LogP) is 2.65. The van der Waals surface area contributed by atoms with Crippen molar-refractivity contribution in [3.63, 3.8) is 0 Å². The van der Waals surface area contributed by atoms with Crippen LogP contribution in [0, 0.1) is 5.92 Å². The molecule has 1 aliphatic heterocycles. The third-order valence-corrected chi connectivity index (χ3v) is 4.31. The number of rotatable bonds is 5. The second-order valence-corrected chi connectivity index (χ2v) is 5.78. The molecule has 114 valence electrons. The summed E-state index contributed by atoms with van der Waals surface area (Å²) < 4.78 is 13.1. The van der Waals surface area contributed by atoms with E-state index in [0.29, 0.717) is 17.7 Å². The van der Waals surface area contributed by atoms with Gasteiger partial charge in [0.05, 0.1) is 13.2 Å².